The Hall–Kier alpha value is -2.20. The second kappa shape index (κ2) is 6.30. The predicted octanol–water partition coefficient (Wildman–Crippen LogP) is 3.91. The second-order valence-corrected chi connectivity index (χ2v) is 5.73. The van der Waals surface area contributed by atoms with E-state index in [1.54, 1.807) is 41.7 Å². The summed E-state index contributed by atoms with van der Waals surface area (Å²) in [6, 6.07) is 10.9. The van der Waals surface area contributed by atoms with E-state index in [4.69, 9.17) is 0 Å². The minimum absolute atomic E-state index is 0.0803. The first-order valence-corrected chi connectivity index (χ1v) is 7.03. The molecule has 0 spiro atoms. The molecule has 0 radical (unpaired) electrons. The third-order valence-corrected chi connectivity index (χ3v) is 3.59. The smallest absolute Gasteiger partial charge is 0.221 e. The third kappa shape index (κ3) is 3.90. The van der Waals surface area contributed by atoms with Crippen molar-refractivity contribution in [1.82, 2.24) is 0 Å². The van der Waals surface area contributed by atoms with Crippen LogP contribution < -0.4 is 5.32 Å². The summed E-state index contributed by atoms with van der Waals surface area (Å²) in [5.74, 6) is -0.234. The summed E-state index contributed by atoms with van der Waals surface area (Å²) in [6.07, 6.45) is 3.36. The molecule has 0 atom stereocenters. The standard InChI is InChI=1S/C16H15NO2S/c1-11-6-7-15(20-11)8-9-16(19)13-4-3-5-14(10-13)17-12(2)18/h3-10H,1-2H3,(H,17,18). The van der Waals surface area contributed by atoms with Crippen molar-refractivity contribution >= 4 is 34.8 Å². The van der Waals surface area contributed by atoms with Crippen LogP contribution >= 0.6 is 11.3 Å². The number of hydrogen-bond donors (Lipinski definition) is 1. The molecule has 2 aromatic rings. The summed E-state index contributed by atoms with van der Waals surface area (Å²) in [4.78, 5) is 25.3. The molecule has 1 aromatic heterocycles. The first kappa shape index (κ1) is 14.2. The number of amides is 1. The van der Waals surface area contributed by atoms with Crippen LogP contribution in [0.15, 0.2) is 42.5 Å². The van der Waals surface area contributed by atoms with Gasteiger partial charge >= 0.3 is 0 Å². The van der Waals surface area contributed by atoms with Gasteiger partial charge in [-0.05, 0) is 43.3 Å². The second-order valence-electron chi connectivity index (χ2n) is 4.41. The highest BCUT2D eigenvalue weighted by Gasteiger charge is 2.04. The Morgan fingerprint density at radius 1 is 1.20 bits per heavy atom. The summed E-state index contributed by atoms with van der Waals surface area (Å²) in [6.45, 7) is 3.47. The normalized spacial score (nSPS) is 10.7. The monoisotopic (exact) mass is 285 g/mol. The van der Waals surface area contributed by atoms with Gasteiger partial charge in [-0.15, -0.1) is 11.3 Å². The molecule has 4 heteroatoms. The number of carbonyl (C=O) groups excluding carboxylic acids is 2. The minimum Gasteiger partial charge on any atom is -0.326 e. The zero-order valence-electron chi connectivity index (χ0n) is 11.3. The van der Waals surface area contributed by atoms with E-state index in [9.17, 15) is 9.59 Å². The van der Waals surface area contributed by atoms with Crippen LogP contribution in [-0.2, 0) is 4.79 Å². The lowest BCUT2D eigenvalue weighted by atomic mass is 10.1. The van der Waals surface area contributed by atoms with E-state index >= 15 is 0 Å². The Morgan fingerprint density at radius 3 is 2.65 bits per heavy atom. The maximum atomic E-state index is 12.1. The number of anilines is 1. The van der Waals surface area contributed by atoms with E-state index in [1.807, 2.05) is 25.1 Å². The average molecular weight is 285 g/mol. The van der Waals surface area contributed by atoms with Crippen LogP contribution in [0, 0.1) is 6.92 Å². The van der Waals surface area contributed by atoms with Gasteiger partial charge in [0, 0.05) is 27.9 Å². The zero-order chi connectivity index (χ0) is 14.5. The molecule has 1 heterocycles. The van der Waals surface area contributed by atoms with Crippen LogP contribution in [0.5, 0.6) is 0 Å². The summed E-state index contributed by atoms with van der Waals surface area (Å²) < 4.78 is 0. The number of benzene rings is 1. The van der Waals surface area contributed by atoms with Gasteiger partial charge in [0.1, 0.15) is 0 Å². The molecule has 0 bridgehead atoms. The first-order chi connectivity index (χ1) is 9.54. The fourth-order valence-corrected chi connectivity index (χ4v) is 2.53. The van der Waals surface area contributed by atoms with Crippen LogP contribution in [0.4, 0.5) is 5.69 Å². The van der Waals surface area contributed by atoms with Crippen molar-refractivity contribution in [2.75, 3.05) is 5.32 Å². The number of thiophene rings is 1. The fourth-order valence-electron chi connectivity index (χ4n) is 1.75. The van der Waals surface area contributed by atoms with Gasteiger partial charge < -0.3 is 5.32 Å². The quantitative estimate of drug-likeness (QED) is 0.684. The Labute approximate surface area is 122 Å². The third-order valence-electron chi connectivity index (χ3n) is 2.63. The SMILES string of the molecule is CC(=O)Nc1cccc(C(=O)C=Cc2ccc(C)s2)c1. The van der Waals surface area contributed by atoms with E-state index in [1.165, 1.54) is 11.8 Å². The number of nitrogens with one attached hydrogen (secondary N) is 1. The number of carbonyl (C=O) groups is 2. The Kier molecular flexibility index (Phi) is 4.48. The van der Waals surface area contributed by atoms with Crippen LogP contribution in [-0.4, -0.2) is 11.7 Å². The number of allylic oxidation sites excluding steroid dienone is 1. The van der Waals surface area contributed by atoms with Crippen molar-refractivity contribution in [1.29, 1.82) is 0 Å². The van der Waals surface area contributed by atoms with Gasteiger partial charge in [0.15, 0.2) is 5.78 Å². The Bertz CT molecular complexity index is 671. The highest BCUT2D eigenvalue weighted by molar-refractivity contribution is 7.12. The molecule has 2 rings (SSSR count). The van der Waals surface area contributed by atoms with E-state index in [0.717, 1.165) is 4.88 Å². The van der Waals surface area contributed by atoms with Gasteiger partial charge in [-0.1, -0.05) is 12.1 Å². The number of hydrogen-bond acceptors (Lipinski definition) is 3. The van der Waals surface area contributed by atoms with Crippen molar-refractivity contribution < 1.29 is 9.59 Å². The van der Waals surface area contributed by atoms with Gasteiger partial charge in [-0.2, -0.15) is 0 Å². The molecule has 0 saturated heterocycles. The topological polar surface area (TPSA) is 46.2 Å². The molecule has 0 aliphatic rings. The average Bonchev–Trinajstić information content (AvgIpc) is 2.81. The van der Waals surface area contributed by atoms with Gasteiger partial charge in [-0.25, -0.2) is 0 Å². The highest BCUT2D eigenvalue weighted by atomic mass is 32.1. The molecule has 1 N–H and O–H groups in total. The molecule has 0 unspecified atom stereocenters. The van der Waals surface area contributed by atoms with Gasteiger partial charge in [0.2, 0.25) is 5.91 Å². The Balaban J connectivity index is 2.12. The lowest BCUT2D eigenvalue weighted by Crippen LogP contribution is -2.06. The molecule has 1 aromatic carbocycles. The molecule has 0 aliphatic heterocycles. The fraction of sp³-hybridized carbons (Fsp3) is 0.125. The van der Waals surface area contributed by atoms with Crippen molar-refractivity contribution in [2.45, 2.75) is 13.8 Å². The molecule has 0 saturated carbocycles. The molecule has 102 valence electrons. The number of rotatable bonds is 4. The van der Waals surface area contributed by atoms with Crippen LogP contribution in [0.25, 0.3) is 6.08 Å². The molecule has 1 amide bonds. The van der Waals surface area contributed by atoms with E-state index < -0.39 is 0 Å². The van der Waals surface area contributed by atoms with E-state index in [-0.39, 0.29) is 11.7 Å². The lowest BCUT2D eigenvalue weighted by molar-refractivity contribution is -0.114. The molecule has 0 fully saturated rings. The van der Waals surface area contributed by atoms with E-state index in [0.29, 0.717) is 11.3 Å². The largest absolute Gasteiger partial charge is 0.326 e. The van der Waals surface area contributed by atoms with Crippen molar-refractivity contribution in [3.05, 3.63) is 57.8 Å². The van der Waals surface area contributed by atoms with Gasteiger partial charge in [-0.3, -0.25) is 9.59 Å². The van der Waals surface area contributed by atoms with Crippen LogP contribution in [0.2, 0.25) is 0 Å². The van der Waals surface area contributed by atoms with Crippen molar-refractivity contribution in [2.24, 2.45) is 0 Å². The summed E-state index contributed by atoms with van der Waals surface area (Å²) >= 11 is 1.64. The number of ketones is 1. The van der Waals surface area contributed by atoms with Crippen LogP contribution in [0.3, 0.4) is 0 Å². The Morgan fingerprint density at radius 2 is 2.00 bits per heavy atom. The maximum Gasteiger partial charge on any atom is 0.221 e. The minimum atomic E-state index is -0.154. The maximum absolute atomic E-state index is 12.1. The summed E-state index contributed by atoms with van der Waals surface area (Å²) in [7, 11) is 0. The van der Waals surface area contributed by atoms with E-state index in [2.05, 4.69) is 5.32 Å². The number of aryl methyl sites for hydroxylation is 1. The van der Waals surface area contributed by atoms with Crippen molar-refractivity contribution in [3.63, 3.8) is 0 Å². The molecule has 0 aliphatic carbocycles. The molecular weight excluding hydrogens is 270 g/mol. The summed E-state index contributed by atoms with van der Waals surface area (Å²) in [5.41, 5.74) is 1.18. The molecular formula is C16H15NO2S. The first-order valence-electron chi connectivity index (χ1n) is 6.21. The lowest BCUT2D eigenvalue weighted by Gasteiger charge is -2.03. The molecule has 3 nitrogen and oxygen atoms in total. The van der Waals surface area contributed by atoms with Crippen molar-refractivity contribution in [3.8, 4) is 0 Å². The summed E-state index contributed by atoms with van der Waals surface area (Å²) in [5, 5.41) is 2.66. The van der Waals surface area contributed by atoms with Gasteiger partial charge in [0.25, 0.3) is 0 Å². The van der Waals surface area contributed by atoms with Gasteiger partial charge in [0.05, 0.1) is 0 Å². The van der Waals surface area contributed by atoms with Crippen LogP contribution in [0.1, 0.15) is 27.0 Å². The zero-order valence-corrected chi connectivity index (χ0v) is 12.2. The predicted molar refractivity (Wildman–Crippen MR) is 83.2 cm³/mol. The molecule has 20 heavy (non-hydrogen) atoms. The highest BCUT2D eigenvalue weighted by Crippen LogP contribution is 2.17.